The molecule has 0 radical (unpaired) electrons. The second kappa shape index (κ2) is 4.99. The summed E-state index contributed by atoms with van der Waals surface area (Å²) < 4.78 is 7.26. The van der Waals surface area contributed by atoms with Crippen molar-refractivity contribution >= 4 is 5.95 Å². The van der Waals surface area contributed by atoms with E-state index in [1.165, 1.54) is 0 Å². The molecular formula is C11H16N6O. The Morgan fingerprint density at radius 3 is 2.61 bits per heavy atom. The molecule has 1 atom stereocenters. The average Bonchev–Trinajstić information content (AvgIpc) is 2.81. The van der Waals surface area contributed by atoms with E-state index in [1.54, 1.807) is 23.3 Å². The predicted octanol–water partition coefficient (Wildman–Crippen LogP) is 1.06. The van der Waals surface area contributed by atoms with Crippen LogP contribution in [0.3, 0.4) is 0 Å². The Bertz CT molecular complexity index is 510. The van der Waals surface area contributed by atoms with Crippen LogP contribution in [0.2, 0.25) is 0 Å². The van der Waals surface area contributed by atoms with E-state index in [-0.39, 0.29) is 18.1 Å². The standard InChI is InChI=1S/C11H16N6O/c1-7(2)8(3)18-11-15-9(12)14-10(16-11)17-5-4-13-6-17/h4-8H,1-3H3,(H2,12,14,15,16). The molecular weight excluding hydrogens is 232 g/mol. The Hall–Kier alpha value is -2.18. The average molecular weight is 248 g/mol. The normalized spacial score (nSPS) is 12.7. The summed E-state index contributed by atoms with van der Waals surface area (Å²) >= 11 is 0. The lowest BCUT2D eigenvalue weighted by molar-refractivity contribution is 0.155. The molecule has 0 aliphatic rings. The van der Waals surface area contributed by atoms with E-state index < -0.39 is 0 Å². The quantitative estimate of drug-likeness (QED) is 0.869. The minimum absolute atomic E-state index is 0.00226. The fraction of sp³-hybridized carbons (Fsp3) is 0.455. The molecule has 7 heteroatoms. The Kier molecular flexibility index (Phi) is 3.40. The second-order valence-electron chi connectivity index (χ2n) is 4.31. The molecule has 0 saturated carbocycles. The zero-order chi connectivity index (χ0) is 13.1. The first kappa shape index (κ1) is 12.3. The van der Waals surface area contributed by atoms with Crippen LogP contribution in [0.4, 0.5) is 5.95 Å². The molecule has 0 saturated heterocycles. The smallest absolute Gasteiger partial charge is 0.323 e. The van der Waals surface area contributed by atoms with Gasteiger partial charge in [-0.1, -0.05) is 13.8 Å². The van der Waals surface area contributed by atoms with Crippen LogP contribution in [-0.2, 0) is 0 Å². The summed E-state index contributed by atoms with van der Waals surface area (Å²) in [6.45, 7) is 6.08. The number of anilines is 1. The first-order chi connectivity index (χ1) is 8.56. The van der Waals surface area contributed by atoms with Gasteiger partial charge in [0, 0.05) is 12.4 Å². The van der Waals surface area contributed by atoms with Crippen molar-refractivity contribution in [1.29, 1.82) is 0 Å². The Morgan fingerprint density at radius 1 is 1.22 bits per heavy atom. The highest BCUT2D eigenvalue weighted by atomic mass is 16.5. The van der Waals surface area contributed by atoms with E-state index >= 15 is 0 Å². The highest BCUT2D eigenvalue weighted by Gasteiger charge is 2.13. The van der Waals surface area contributed by atoms with Crippen LogP contribution in [0.5, 0.6) is 6.01 Å². The molecule has 2 rings (SSSR count). The summed E-state index contributed by atoms with van der Waals surface area (Å²) in [7, 11) is 0. The van der Waals surface area contributed by atoms with Crippen molar-refractivity contribution in [2.24, 2.45) is 5.92 Å². The van der Waals surface area contributed by atoms with Gasteiger partial charge in [0.25, 0.3) is 0 Å². The van der Waals surface area contributed by atoms with Gasteiger partial charge in [0.2, 0.25) is 11.9 Å². The van der Waals surface area contributed by atoms with Crippen LogP contribution >= 0.6 is 0 Å². The largest absolute Gasteiger partial charge is 0.460 e. The number of ether oxygens (including phenoxy) is 1. The van der Waals surface area contributed by atoms with E-state index in [2.05, 4.69) is 33.8 Å². The van der Waals surface area contributed by atoms with Gasteiger partial charge < -0.3 is 10.5 Å². The van der Waals surface area contributed by atoms with Crippen molar-refractivity contribution in [3.8, 4) is 12.0 Å². The molecule has 0 amide bonds. The third-order valence-corrected chi connectivity index (χ3v) is 2.59. The molecule has 2 aromatic heterocycles. The zero-order valence-corrected chi connectivity index (χ0v) is 10.6. The number of nitrogens with zero attached hydrogens (tertiary/aromatic N) is 5. The lowest BCUT2D eigenvalue weighted by Gasteiger charge is -2.16. The van der Waals surface area contributed by atoms with Crippen LogP contribution in [-0.4, -0.2) is 30.6 Å². The van der Waals surface area contributed by atoms with Crippen LogP contribution < -0.4 is 10.5 Å². The third-order valence-electron chi connectivity index (χ3n) is 2.59. The topological polar surface area (TPSA) is 91.7 Å². The number of nitrogen functional groups attached to an aromatic ring is 1. The molecule has 96 valence electrons. The van der Waals surface area contributed by atoms with Crippen LogP contribution in [0, 0.1) is 5.92 Å². The maximum Gasteiger partial charge on any atom is 0.323 e. The number of rotatable bonds is 4. The van der Waals surface area contributed by atoms with Gasteiger partial charge in [-0.3, -0.25) is 4.57 Å². The maximum absolute atomic E-state index is 5.64. The molecule has 2 N–H and O–H groups in total. The predicted molar refractivity (Wildman–Crippen MR) is 66.3 cm³/mol. The van der Waals surface area contributed by atoms with Crippen molar-refractivity contribution in [1.82, 2.24) is 24.5 Å². The van der Waals surface area contributed by atoms with Crippen molar-refractivity contribution in [3.63, 3.8) is 0 Å². The van der Waals surface area contributed by atoms with Gasteiger partial charge in [-0.2, -0.15) is 15.0 Å². The molecule has 2 heterocycles. The summed E-state index contributed by atoms with van der Waals surface area (Å²) in [4.78, 5) is 16.1. The molecule has 2 aromatic rings. The summed E-state index contributed by atoms with van der Waals surface area (Å²) in [6, 6.07) is 0.229. The summed E-state index contributed by atoms with van der Waals surface area (Å²) in [5.74, 6) is 0.880. The third kappa shape index (κ3) is 2.73. The number of hydrogen-bond acceptors (Lipinski definition) is 6. The minimum atomic E-state index is 0.00226. The van der Waals surface area contributed by atoms with E-state index in [1.807, 2.05) is 6.92 Å². The fourth-order valence-corrected chi connectivity index (χ4v) is 1.21. The van der Waals surface area contributed by atoms with Gasteiger partial charge >= 0.3 is 6.01 Å². The monoisotopic (exact) mass is 248 g/mol. The van der Waals surface area contributed by atoms with Crippen LogP contribution in [0.15, 0.2) is 18.7 Å². The lowest BCUT2D eigenvalue weighted by atomic mass is 10.1. The number of hydrogen-bond donors (Lipinski definition) is 1. The first-order valence-electron chi connectivity index (χ1n) is 5.73. The number of imidazole rings is 1. The molecule has 0 aromatic carbocycles. The van der Waals surface area contributed by atoms with Crippen molar-refractivity contribution in [2.75, 3.05) is 5.73 Å². The number of aromatic nitrogens is 5. The first-order valence-corrected chi connectivity index (χ1v) is 5.73. The SMILES string of the molecule is CC(C)C(C)Oc1nc(N)nc(-n2ccnc2)n1. The van der Waals surface area contributed by atoms with Crippen molar-refractivity contribution in [2.45, 2.75) is 26.9 Å². The second-order valence-corrected chi connectivity index (χ2v) is 4.31. The Balaban J connectivity index is 2.27. The van der Waals surface area contributed by atoms with Crippen molar-refractivity contribution < 1.29 is 4.74 Å². The lowest BCUT2D eigenvalue weighted by Crippen LogP contribution is -2.21. The van der Waals surface area contributed by atoms with Gasteiger partial charge in [-0.15, -0.1) is 0 Å². The van der Waals surface area contributed by atoms with E-state index in [0.717, 1.165) is 0 Å². The maximum atomic E-state index is 5.64. The Labute approximate surface area is 105 Å². The van der Waals surface area contributed by atoms with E-state index in [4.69, 9.17) is 10.5 Å². The summed E-state index contributed by atoms with van der Waals surface area (Å²) in [6.07, 6.45) is 4.95. The van der Waals surface area contributed by atoms with E-state index in [0.29, 0.717) is 11.9 Å². The van der Waals surface area contributed by atoms with Gasteiger partial charge in [0.05, 0.1) is 0 Å². The van der Waals surface area contributed by atoms with Gasteiger partial charge in [-0.25, -0.2) is 4.98 Å². The van der Waals surface area contributed by atoms with Crippen LogP contribution in [0.1, 0.15) is 20.8 Å². The molecule has 0 aliphatic heterocycles. The number of nitrogens with two attached hydrogens (primary N) is 1. The fourth-order valence-electron chi connectivity index (χ4n) is 1.21. The zero-order valence-electron chi connectivity index (χ0n) is 10.6. The molecule has 0 bridgehead atoms. The summed E-state index contributed by atoms with van der Waals surface area (Å²) in [5.41, 5.74) is 5.64. The van der Waals surface area contributed by atoms with Gasteiger partial charge in [-0.05, 0) is 12.8 Å². The van der Waals surface area contributed by atoms with Gasteiger partial charge in [0.1, 0.15) is 12.4 Å². The highest BCUT2D eigenvalue weighted by molar-refractivity contribution is 5.25. The van der Waals surface area contributed by atoms with E-state index in [9.17, 15) is 0 Å². The molecule has 1 unspecified atom stereocenters. The Morgan fingerprint density at radius 2 is 2.00 bits per heavy atom. The van der Waals surface area contributed by atoms with Crippen LogP contribution in [0.25, 0.3) is 5.95 Å². The van der Waals surface area contributed by atoms with Gasteiger partial charge in [0.15, 0.2) is 0 Å². The molecule has 0 spiro atoms. The molecule has 0 fully saturated rings. The highest BCUT2D eigenvalue weighted by Crippen LogP contribution is 2.13. The molecule has 18 heavy (non-hydrogen) atoms. The molecule has 7 nitrogen and oxygen atoms in total. The minimum Gasteiger partial charge on any atom is -0.460 e. The van der Waals surface area contributed by atoms with Crippen molar-refractivity contribution in [3.05, 3.63) is 18.7 Å². The summed E-state index contributed by atoms with van der Waals surface area (Å²) in [5, 5.41) is 0. The molecule has 0 aliphatic carbocycles.